The Hall–Kier alpha value is -3.49. The molecule has 2 aliphatic rings. The zero-order valence-electron chi connectivity index (χ0n) is 18.2. The van der Waals surface area contributed by atoms with Crippen molar-refractivity contribution in [2.75, 3.05) is 31.1 Å². The molecule has 0 N–H and O–H groups in total. The molecule has 3 heterocycles. The van der Waals surface area contributed by atoms with Gasteiger partial charge in [0.25, 0.3) is 5.91 Å². The van der Waals surface area contributed by atoms with Gasteiger partial charge < -0.3 is 9.47 Å². The second-order valence-corrected chi connectivity index (χ2v) is 8.67. The molecule has 0 bridgehead atoms. The summed E-state index contributed by atoms with van der Waals surface area (Å²) in [5.74, 6) is -0.878. The monoisotopic (exact) mass is 448 g/mol. The summed E-state index contributed by atoms with van der Waals surface area (Å²) in [6.45, 7) is 3.55. The molecule has 2 fully saturated rings. The molecule has 1 aromatic carbocycles. The third-order valence-electron chi connectivity index (χ3n) is 6.96. The lowest BCUT2D eigenvalue weighted by Gasteiger charge is -2.42. The van der Waals surface area contributed by atoms with Gasteiger partial charge in [-0.2, -0.15) is 5.10 Å². The molecule has 33 heavy (non-hydrogen) atoms. The lowest BCUT2D eigenvalue weighted by atomic mass is 9.89. The average Bonchev–Trinajstić information content (AvgIpc) is 3.30. The van der Waals surface area contributed by atoms with E-state index in [9.17, 15) is 9.18 Å². The molecule has 3 aromatic rings. The van der Waals surface area contributed by atoms with Crippen molar-refractivity contribution < 1.29 is 9.18 Å². The second kappa shape index (κ2) is 9.17. The van der Waals surface area contributed by atoms with Crippen molar-refractivity contribution in [2.45, 2.75) is 37.8 Å². The minimum atomic E-state index is -0.722. The molecule has 0 spiro atoms. The third kappa shape index (κ3) is 4.27. The van der Waals surface area contributed by atoms with Crippen molar-refractivity contribution in [3.8, 4) is 0 Å². The molecule has 0 radical (unpaired) electrons. The summed E-state index contributed by atoms with van der Waals surface area (Å²) in [4.78, 5) is 19.0. The van der Waals surface area contributed by atoms with Crippen LogP contribution in [0.25, 0.3) is 21.3 Å². The van der Waals surface area contributed by atoms with Crippen LogP contribution in [0.5, 0.6) is 0 Å². The number of hydrogen-bond acceptors (Lipinski definition) is 5. The Morgan fingerprint density at radius 1 is 1.09 bits per heavy atom. The normalized spacial score (nSPS) is 21.7. The minimum Gasteiger partial charge on any atom is -0.368 e. The Bertz CT molecular complexity index is 1200. The predicted octanol–water partition coefficient (Wildman–Crippen LogP) is 4.33. The zero-order valence-corrected chi connectivity index (χ0v) is 18.2. The molecule has 9 nitrogen and oxygen atoms in total. The second-order valence-electron chi connectivity index (χ2n) is 8.67. The van der Waals surface area contributed by atoms with Crippen molar-refractivity contribution in [3.05, 3.63) is 64.7 Å². The number of nitrogens with zero attached hydrogens (tertiary/aromatic N) is 8. The van der Waals surface area contributed by atoms with Crippen LogP contribution in [0.15, 0.2) is 47.8 Å². The number of anilines is 1. The molecule has 0 atom stereocenters. The number of carbonyl (C=O) groups is 1. The van der Waals surface area contributed by atoms with Gasteiger partial charge in [0.15, 0.2) is 0 Å². The topological polar surface area (TPSA) is 103 Å². The van der Waals surface area contributed by atoms with E-state index in [2.05, 4.69) is 34.6 Å². The number of amides is 1. The van der Waals surface area contributed by atoms with Gasteiger partial charge in [-0.25, -0.2) is 4.39 Å². The van der Waals surface area contributed by atoms with E-state index in [1.54, 1.807) is 18.3 Å². The number of azide groups is 1. The van der Waals surface area contributed by atoms with E-state index in [0.717, 1.165) is 63.1 Å². The van der Waals surface area contributed by atoms with E-state index in [0.29, 0.717) is 17.5 Å². The first-order valence-corrected chi connectivity index (χ1v) is 11.3. The smallest absolute Gasteiger partial charge is 0.269 e. The van der Waals surface area contributed by atoms with E-state index >= 15 is 0 Å². The Balaban J connectivity index is 1.17. The van der Waals surface area contributed by atoms with E-state index in [1.807, 2.05) is 18.3 Å². The predicted molar refractivity (Wildman–Crippen MR) is 122 cm³/mol. The fourth-order valence-corrected chi connectivity index (χ4v) is 5.24. The van der Waals surface area contributed by atoms with Crippen LogP contribution in [0.4, 0.5) is 10.1 Å². The molecule has 1 saturated heterocycles. The van der Waals surface area contributed by atoms with Gasteiger partial charge in [0.2, 0.25) is 0 Å². The number of benzene rings is 1. The number of hydrogen-bond donors (Lipinski definition) is 0. The Morgan fingerprint density at radius 3 is 2.61 bits per heavy atom. The maximum atomic E-state index is 14.1. The number of carbonyl (C=O) groups excluding carboxylic acids is 1. The number of fused-ring (bicyclic) bond motifs is 1. The molecular formula is C23H25FN8O. The highest BCUT2D eigenvalue weighted by molar-refractivity contribution is 5.93. The SMILES string of the molecule is [N-]=[N+]=NC(=O)c1cc(N2CCN([C@H]3CC[C@@H](n4ccc5c(F)cccc54)CC3)CC2)cnn1. The molecule has 1 amide bonds. The van der Waals surface area contributed by atoms with Gasteiger partial charge in [-0.1, -0.05) is 6.07 Å². The highest BCUT2D eigenvalue weighted by atomic mass is 19.1. The van der Waals surface area contributed by atoms with Crippen molar-refractivity contribution in [3.63, 3.8) is 0 Å². The molecule has 10 heteroatoms. The highest BCUT2D eigenvalue weighted by Crippen LogP contribution is 2.34. The van der Waals surface area contributed by atoms with Crippen molar-refractivity contribution in [2.24, 2.45) is 5.11 Å². The first-order valence-electron chi connectivity index (χ1n) is 11.3. The summed E-state index contributed by atoms with van der Waals surface area (Å²) in [5, 5.41) is 11.5. The third-order valence-corrected chi connectivity index (χ3v) is 6.96. The van der Waals surface area contributed by atoms with Crippen LogP contribution < -0.4 is 4.90 Å². The van der Waals surface area contributed by atoms with E-state index in [4.69, 9.17) is 5.53 Å². The first-order chi connectivity index (χ1) is 16.1. The zero-order chi connectivity index (χ0) is 22.8. The molecule has 5 rings (SSSR count). The van der Waals surface area contributed by atoms with Crippen LogP contribution in [0.2, 0.25) is 0 Å². The fraction of sp³-hybridized carbons (Fsp3) is 0.435. The van der Waals surface area contributed by atoms with Crippen molar-refractivity contribution in [1.29, 1.82) is 0 Å². The summed E-state index contributed by atoms with van der Waals surface area (Å²) in [6.07, 6.45) is 8.09. The highest BCUT2D eigenvalue weighted by Gasteiger charge is 2.29. The van der Waals surface area contributed by atoms with Crippen LogP contribution in [0.3, 0.4) is 0 Å². The minimum absolute atomic E-state index is 0.0588. The van der Waals surface area contributed by atoms with Gasteiger partial charge in [-0.3, -0.25) is 9.69 Å². The number of piperazine rings is 1. The summed E-state index contributed by atoms with van der Waals surface area (Å²) in [7, 11) is 0. The van der Waals surface area contributed by atoms with Gasteiger partial charge in [-0.15, -0.1) is 5.10 Å². The number of rotatable bonds is 4. The van der Waals surface area contributed by atoms with Crippen LogP contribution in [0, 0.1) is 5.82 Å². The first kappa shape index (κ1) is 21.4. The molecule has 170 valence electrons. The standard InChI is InChI=1S/C23H25FN8O/c24-20-2-1-3-22-19(20)8-9-32(22)17-6-4-16(5-7-17)30-10-12-31(13-11-30)18-14-21(27-26-15-18)23(33)28-29-25/h1-3,8-9,14-17H,4-7,10-13H2/t16-,17+. The van der Waals surface area contributed by atoms with Gasteiger partial charge in [0.1, 0.15) is 11.5 Å². The Kier molecular flexibility index (Phi) is 5.93. The van der Waals surface area contributed by atoms with Crippen molar-refractivity contribution >= 4 is 22.5 Å². The number of aromatic nitrogens is 3. The number of halogens is 1. The van der Waals surface area contributed by atoms with E-state index < -0.39 is 5.91 Å². The summed E-state index contributed by atoms with van der Waals surface area (Å²) in [6, 6.07) is 9.79. The Labute approximate surface area is 190 Å². The van der Waals surface area contributed by atoms with Gasteiger partial charge in [-0.05, 0) is 60.6 Å². The lowest BCUT2D eigenvalue weighted by Crippen LogP contribution is -2.51. The maximum Gasteiger partial charge on any atom is 0.269 e. The quantitative estimate of drug-likeness (QED) is 0.336. The molecule has 1 saturated carbocycles. The van der Waals surface area contributed by atoms with Gasteiger partial charge in [0, 0.05) is 54.8 Å². The largest absolute Gasteiger partial charge is 0.368 e. The lowest BCUT2D eigenvalue weighted by molar-refractivity contribution is 0.0994. The summed E-state index contributed by atoms with van der Waals surface area (Å²) >= 11 is 0. The van der Waals surface area contributed by atoms with Crippen LogP contribution >= 0.6 is 0 Å². The van der Waals surface area contributed by atoms with Gasteiger partial charge in [0.05, 0.1) is 17.4 Å². The molecule has 0 unspecified atom stereocenters. The molecule has 1 aliphatic heterocycles. The van der Waals surface area contributed by atoms with Crippen LogP contribution in [0.1, 0.15) is 42.2 Å². The maximum absolute atomic E-state index is 14.1. The fourth-order valence-electron chi connectivity index (χ4n) is 5.24. The Morgan fingerprint density at radius 2 is 1.85 bits per heavy atom. The van der Waals surface area contributed by atoms with Gasteiger partial charge >= 0.3 is 0 Å². The molecule has 1 aliphatic carbocycles. The summed E-state index contributed by atoms with van der Waals surface area (Å²) in [5.41, 5.74) is 10.3. The summed E-state index contributed by atoms with van der Waals surface area (Å²) < 4.78 is 16.3. The average molecular weight is 449 g/mol. The molecule has 2 aromatic heterocycles. The van der Waals surface area contributed by atoms with E-state index in [1.165, 1.54) is 6.07 Å². The molecular weight excluding hydrogens is 423 g/mol. The van der Waals surface area contributed by atoms with Crippen LogP contribution in [-0.2, 0) is 0 Å². The van der Waals surface area contributed by atoms with Crippen molar-refractivity contribution in [1.82, 2.24) is 19.7 Å². The van der Waals surface area contributed by atoms with Crippen LogP contribution in [-0.4, -0.2) is 57.8 Å². The van der Waals surface area contributed by atoms with E-state index in [-0.39, 0.29) is 11.5 Å².